The van der Waals surface area contributed by atoms with Crippen LogP contribution in [0.1, 0.15) is 60.8 Å². The minimum Gasteiger partial charge on any atom is -0.312 e. The van der Waals surface area contributed by atoms with Gasteiger partial charge in [0.2, 0.25) is 0 Å². The van der Waals surface area contributed by atoms with Gasteiger partial charge in [0.1, 0.15) is 0 Å². The Hall–Kier alpha value is -0.0400. The summed E-state index contributed by atoms with van der Waals surface area (Å²) >= 11 is 0. The first-order valence-corrected chi connectivity index (χ1v) is 5.58. The van der Waals surface area contributed by atoms with E-state index < -0.39 is 0 Å². The van der Waals surface area contributed by atoms with Crippen molar-refractivity contribution in [3.63, 3.8) is 0 Å². The molecule has 0 saturated carbocycles. The quantitative estimate of drug-likeness (QED) is 0.667. The molecule has 0 bridgehead atoms. The summed E-state index contributed by atoms with van der Waals surface area (Å²) in [7, 11) is 0. The van der Waals surface area contributed by atoms with Crippen LogP contribution in [0.4, 0.5) is 0 Å². The first-order chi connectivity index (χ1) is 5.83. The van der Waals surface area contributed by atoms with Crippen LogP contribution >= 0.6 is 0 Å². The maximum atomic E-state index is 3.60. The van der Waals surface area contributed by atoms with E-state index in [-0.39, 0.29) is 5.54 Å². The van der Waals surface area contributed by atoms with Crippen LogP contribution in [-0.2, 0) is 0 Å². The molecule has 0 fully saturated rings. The van der Waals surface area contributed by atoms with Gasteiger partial charge >= 0.3 is 0 Å². The summed E-state index contributed by atoms with van der Waals surface area (Å²) in [6, 6.07) is 0. The van der Waals surface area contributed by atoms with Crippen molar-refractivity contribution in [3.05, 3.63) is 0 Å². The zero-order chi connectivity index (χ0) is 10.5. The molecule has 1 N–H and O–H groups in total. The average molecular weight is 185 g/mol. The van der Waals surface area contributed by atoms with Crippen LogP contribution in [0.15, 0.2) is 0 Å². The van der Waals surface area contributed by atoms with E-state index in [9.17, 15) is 0 Å². The van der Waals surface area contributed by atoms with E-state index in [0.717, 1.165) is 6.54 Å². The molecule has 0 amide bonds. The summed E-state index contributed by atoms with van der Waals surface area (Å²) in [6.07, 6.45) is 3.72. The number of nitrogens with one attached hydrogen (secondary N) is 1. The highest BCUT2D eigenvalue weighted by Crippen LogP contribution is 2.30. The van der Waals surface area contributed by atoms with Crippen molar-refractivity contribution in [2.75, 3.05) is 6.54 Å². The molecule has 0 saturated heterocycles. The second kappa shape index (κ2) is 4.99. The van der Waals surface area contributed by atoms with Gasteiger partial charge in [-0.2, -0.15) is 0 Å². The molecule has 0 atom stereocenters. The second-order valence-corrected chi connectivity index (χ2v) is 5.51. The van der Waals surface area contributed by atoms with Crippen LogP contribution in [-0.4, -0.2) is 12.1 Å². The molecule has 1 heteroatoms. The van der Waals surface area contributed by atoms with Gasteiger partial charge in [-0.15, -0.1) is 0 Å². The lowest BCUT2D eigenvalue weighted by atomic mass is 9.78. The van der Waals surface area contributed by atoms with Gasteiger partial charge in [0, 0.05) is 5.54 Å². The maximum absolute atomic E-state index is 3.60. The number of hydrogen-bond acceptors (Lipinski definition) is 1. The van der Waals surface area contributed by atoms with E-state index in [1.54, 1.807) is 0 Å². The Kier molecular flexibility index (Phi) is 4.98. The van der Waals surface area contributed by atoms with Gasteiger partial charge in [-0.25, -0.2) is 0 Å². The van der Waals surface area contributed by atoms with Gasteiger partial charge in [0.25, 0.3) is 0 Å². The Morgan fingerprint density at radius 3 is 1.92 bits per heavy atom. The molecule has 0 aliphatic rings. The van der Waals surface area contributed by atoms with Crippen LogP contribution in [0.3, 0.4) is 0 Å². The molecule has 0 aliphatic carbocycles. The molecule has 0 aromatic carbocycles. The summed E-state index contributed by atoms with van der Waals surface area (Å²) in [6.45, 7) is 14.9. The summed E-state index contributed by atoms with van der Waals surface area (Å²) in [5, 5.41) is 3.60. The monoisotopic (exact) mass is 185 g/mol. The van der Waals surface area contributed by atoms with Gasteiger partial charge in [-0.3, -0.25) is 0 Å². The van der Waals surface area contributed by atoms with E-state index in [0.29, 0.717) is 5.41 Å². The largest absolute Gasteiger partial charge is 0.312 e. The van der Waals surface area contributed by atoms with Crippen LogP contribution in [0.5, 0.6) is 0 Å². The Morgan fingerprint density at radius 1 is 1.00 bits per heavy atom. The lowest BCUT2D eigenvalue weighted by molar-refractivity contribution is 0.216. The molecule has 0 unspecified atom stereocenters. The van der Waals surface area contributed by atoms with Crippen LogP contribution in [0.2, 0.25) is 0 Å². The SMILES string of the molecule is CCCNC(C)(C)CC(C)(C)CC. The van der Waals surface area contributed by atoms with Crippen molar-refractivity contribution in [3.8, 4) is 0 Å². The second-order valence-electron chi connectivity index (χ2n) is 5.51. The summed E-state index contributed by atoms with van der Waals surface area (Å²) < 4.78 is 0. The first-order valence-electron chi connectivity index (χ1n) is 5.58. The standard InChI is InChI=1S/C12H27N/c1-7-9-13-12(5,6)10-11(3,4)8-2/h13H,7-10H2,1-6H3. The van der Waals surface area contributed by atoms with Crippen molar-refractivity contribution in [1.82, 2.24) is 5.32 Å². The Bertz CT molecular complexity index is 136. The Morgan fingerprint density at radius 2 is 1.54 bits per heavy atom. The third-order valence-electron chi connectivity index (χ3n) is 2.73. The van der Waals surface area contributed by atoms with Gasteiger partial charge in [0.15, 0.2) is 0 Å². The smallest absolute Gasteiger partial charge is 0.0130 e. The lowest BCUT2D eigenvalue weighted by Crippen LogP contribution is -2.43. The van der Waals surface area contributed by atoms with Crippen molar-refractivity contribution >= 4 is 0 Å². The molecule has 0 aromatic heterocycles. The molecule has 0 aliphatic heterocycles. The highest BCUT2D eigenvalue weighted by molar-refractivity contribution is 4.84. The molecule has 0 radical (unpaired) electrons. The van der Waals surface area contributed by atoms with Gasteiger partial charge in [0.05, 0.1) is 0 Å². The zero-order valence-electron chi connectivity index (χ0n) is 10.3. The molecule has 80 valence electrons. The van der Waals surface area contributed by atoms with Gasteiger partial charge < -0.3 is 5.32 Å². The van der Waals surface area contributed by atoms with E-state index in [1.165, 1.54) is 19.3 Å². The summed E-state index contributed by atoms with van der Waals surface area (Å²) in [5.41, 5.74) is 0.750. The minimum atomic E-state index is 0.287. The predicted molar refractivity (Wildman–Crippen MR) is 61.1 cm³/mol. The van der Waals surface area contributed by atoms with Crippen molar-refractivity contribution in [2.24, 2.45) is 5.41 Å². The fraction of sp³-hybridized carbons (Fsp3) is 1.00. The van der Waals surface area contributed by atoms with E-state index in [4.69, 9.17) is 0 Å². The molecule has 0 aromatic rings. The summed E-state index contributed by atoms with van der Waals surface area (Å²) in [4.78, 5) is 0. The van der Waals surface area contributed by atoms with Gasteiger partial charge in [-0.1, -0.05) is 34.1 Å². The van der Waals surface area contributed by atoms with Crippen molar-refractivity contribution in [2.45, 2.75) is 66.3 Å². The highest BCUT2D eigenvalue weighted by Gasteiger charge is 2.26. The molecular weight excluding hydrogens is 158 g/mol. The summed E-state index contributed by atoms with van der Waals surface area (Å²) in [5.74, 6) is 0. The zero-order valence-corrected chi connectivity index (χ0v) is 10.3. The molecular formula is C12H27N. The Labute approximate surface area is 84.3 Å². The highest BCUT2D eigenvalue weighted by atomic mass is 14.9. The molecule has 13 heavy (non-hydrogen) atoms. The van der Waals surface area contributed by atoms with Crippen LogP contribution < -0.4 is 5.32 Å². The fourth-order valence-electron chi connectivity index (χ4n) is 1.85. The van der Waals surface area contributed by atoms with E-state index in [1.807, 2.05) is 0 Å². The predicted octanol–water partition coefficient (Wildman–Crippen LogP) is 3.59. The molecule has 0 spiro atoms. The Balaban J connectivity index is 4.00. The lowest BCUT2D eigenvalue weighted by Gasteiger charge is -2.35. The van der Waals surface area contributed by atoms with E-state index >= 15 is 0 Å². The third-order valence-corrected chi connectivity index (χ3v) is 2.73. The molecule has 0 rings (SSSR count). The fourth-order valence-corrected chi connectivity index (χ4v) is 1.85. The van der Waals surface area contributed by atoms with Crippen LogP contribution in [0.25, 0.3) is 0 Å². The number of hydrogen-bond donors (Lipinski definition) is 1. The maximum Gasteiger partial charge on any atom is 0.0130 e. The molecule has 1 nitrogen and oxygen atoms in total. The number of rotatable bonds is 6. The van der Waals surface area contributed by atoms with Crippen molar-refractivity contribution < 1.29 is 0 Å². The van der Waals surface area contributed by atoms with Crippen LogP contribution in [0, 0.1) is 5.41 Å². The van der Waals surface area contributed by atoms with Gasteiger partial charge in [-0.05, 0) is 38.6 Å². The topological polar surface area (TPSA) is 12.0 Å². The van der Waals surface area contributed by atoms with E-state index in [2.05, 4.69) is 46.9 Å². The average Bonchev–Trinajstić information content (AvgIpc) is 1.99. The van der Waals surface area contributed by atoms with Crippen molar-refractivity contribution in [1.29, 1.82) is 0 Å². The normalized spacial score (nSPS) is 13.4. The minimum absolute atomic E-state index is 0.287. The first kappa shape index (κ1) is 13.0. The molecule has 0 heterocycles. The third kappa shape index (κ3) is 6.09.